The molecule has 0 amide bonds. The average molecular weight is 269 g/mol. The minimum atomic E-state index is -2.22. The quantitative estimate of drug-likeness (QED) is 0.289. The van der Waals surface area contributed by atoms with Crippen molar-refractivity contribution in [3.05, 3.63) is 20.2 Å². The van der Waals surface area contributed by atoms with E-state index in [-0.39, 0.29) is 11.9 Å². The summed E-state index contributed by atoms with van der Waals surface area (Å²) in [7, 11) is 1.41. The maximum Gasteiger partial charge on any atom is 0.492 e. The van der Waals surface area contributed by atoms with Gasteiger partial charge in [0.15, 0.2) is 13.1 Å². The van der Waals surface area contributed by atoms with Gasteiger partial charge in [0.25, 0.3) is 5.95 Å². The minimum Gasteiger partial charge on any atom is -0.309 e. The summed E-state index contributed by atoms with van der Waals surface area (Å²) in [5.74, 6) is -0.101. The Balaban J connectivity index is 2.11. The van der Waals surface area contributed by atoms with Crippen LogP contribution in [0, 0.1) is 20.2 Å². The second-order valence-corrected chi connectivity index (χ2v) is 3.65. The zero-order chi connectivity index (χ0) is 14.0. The monoisotopic (exact) mass is 269 g/mol. The Morgan fingerprint density at radius 2 is 1.68 bits per heavy atom. The molecule has 0 bridgehead atoms. The molecule has 2 rings (SSSR count). The van der Waals surface area contributed by atoms with E-state index < -0.39 is 28.6 Å². The van der Waals surface area contributed by atoms with Gasteiger partial charge >= 0.3 is 11.6 Å². The molecule has 0 aliphatic carbocycles. The van der Waals surface area contributed by atoms with Crippen LogP contribution in [0.25, 0.3) is 0 Å². The zero-order valence-electron chi connectivity index (χ0n) is 9.57. The van der Waals surface area contributed by atoms with Crippen molar-refractivity contribution in [1.82, 2.24) is 20.4 Å². The van der Waals surface area contributed by atoms with Crippen molar-refractivity contribution in [1.29, 1.82) is 0 Å². The van der Waals surface area contributed by atoms with Gasteiger partial charge in [0.05, 0.1) is 0 Å². The molecule has 0 atom stereocenters. The molecule has 1 aliphatic heterocycles. The lowest BCUT2D eigenvalue weighted by Gasteiger charge is -2.35. The van der Waals surface area contributed by atoms with Crippen molar-refractivity contribution in [3.8, 4) is 0 Å². The van der Waals surface area contributed by atoms with Crippen LogP contribution in [0.2, 0.25) is 0 Å². The highest BCUT2D eigenvalue weighted by Crippen LogP contribution is 2.27. The largest absolute Gasteiger partial charge is 0.492 e. The van der Waals surface area contributed by atoms with Gasteiger partial charge in [0.1, 0.15) is 9.85 Å². The first kappa shape index (κ1) is 12.6. The van der Waals surface area contributed by atoms with E-state index in [1.165, 1.54) is 11.9 Å². The normalized spacial score (nSPS) is 17.2. The Labute approximate surface area is 104 Å². The van der Waals surface area contributed by atoms with Gasteiger partial charge in [0, 0.05) is 7.05 Å². The maximum atomic E-state index is 10.7. The summed E-state index contributed by atoms with van der Waals surface area (Å²) in [6.45, 7) is -0.879. The van der Waals surface area contributed by atoms with Gasteiger partial charge in [-0.15, -0.1) is 25.5 Å². The van der Waals surface area contributed by atoms with Crippen molar-refractivity contribution in [2.75, 3.05) is 25.0 Å². The molecule has 13 heteroatoms. The maximum absolute atomic E-state index is 10.7. The third-order valence-corrected chi connectivity index (χ3v) is 2.50. The average Bonchev–Trinajstić information content (AvgIpc) is 2.29. The summed E-state index contributed by atoms with van der Waals surface area (Å²) in [4.78, 5) is 20.8. The first-order chi connectivity index (χ1) is 8.99. The van der Waals surface area contributed by atoms with Gasteiger partial charge in [-0.2, -0.15) is 5.11 Å². The molecule has 2 heterocycles. The topological polar surface area (TPSA) is 166 Å². The summed E-state index contributed by atoms with van der Waals surface area (Å²) in [5, 5.41) is 42.6. The van der Waals surface area contributed by atoms with Crippen molar-refractivity contribution in [2.45, 2.75) is 5.66 Å². The number of hydrogen-bond acceptors (Lipinski definition) is 11. The van der Waals surface area contributed by atoms with Crippen LogP contribution in [0.1, 0.15) is 0 Å². The second-order valence-electron chi connectivity index (χ2n) is 3.65. The first-order valence-corrected chi connectivity index (χ1v) is 4.91. The predicted molar refractivity (Wildman–Crippen MR) is 57.0 cm³/mol. The van der Waals surface area contributed by atoms with Crippen LogP contribution in [-0.2, 0) is 0 Å². The predicted octanol–water partition coefficient (Wildman–Crippen LogP) is -0.950. The van der Waals surface area contributed by atoms with Gasteiger partial charge in [-0.25, -0.2) is 0 Å². The third-order valence-electron chi connectivity index (χ3n) is 2.50. The Morgan fingerprint density at radius 1 is 1.16 bits per heavy atom. The molecule has 0 N–H and O–H groups in total. The summed E-state index contributed by atoms with van der Waals surface area (Å²) < 4.78 is 0. The molecule has 1 saturated heterocycles. The van der Waals surface area contributed by atoms with Crippen molar-refractivity contribution < 1.29 is 9.85 Å². The van der Waals surface area contributed by atoms with Crippen LogP contribution < -0.4 is 4.90 Å². The van der Waals surface area contributed by atoms with E-state index in [1.807, 2.05) is 0 Å². The summed E-state index contributed by atoms with van der Waals surface area (Å²) in [5.41, 5.74) is -2.22. The molecule has 1 aliphatic rings. The molecule has 1 fully saturated rings. The molecule has 19 heavy (non-hydrogen) atoms. The number of rotatable bonds is 4. The fourth-order valence-corrected chi connectivity index (χ4v) is 1.48. The van der Waals surface area contributed by atoms with Crippen LogP contribution in [0.4, 0.5) is 11.9 Å². The number of nitro groups is 2. The fourth-order valence-electron chi connectivity index (χ4n) is 1.48. The fraction of sp³-hybridized carbons (Fsp3) is 0.667. The number of anilines is 1. The Kier molecular flexibility index (Phi) is 2.94. The Morgan fingerprint density at radius 3 is 2.11 bits per heavy atom. The number of nitrogens with zero attached hydrogens (tertiary/aromatic N) is 9. The van der Waals surface area contributed by atoms with E-state index in [1.54, 1.807) is 0 Å². The van der Waals surface area contributed by atoms with Gasteiger partial charge < -0.3 is 4.90 Å². The highest BCUT2D eigenvalue weighted by Gasteiger charge is 2.67. The van der Waals surface area contributed by atoms with E-state index in [9.17, 15) is 20.2 Å². The number of azo groups is 1. The van der Waals surface area contributed by atoms with Gasteiger partial charge in [-0.05, 0) is 0 Å². The highest BCUT2D eigenvalue weighted by molar-refractivity contribution is 5.34. The molecule has 0 radical (unpaired) electrons. The van der Waals surface area contributed by atoms with E-state index in [0.29, 0.717) is 0 Å². The summed E-state index contributed by atoms with van der Waals surface area (Å²) >= 11 is 0. The lowest BCUT2D eigenvalue weighted by atomic mass is 10.0. The minimum absolute atomic E-state index is 0.0330. The first-order valence-electron chi connectivity index (χ1n) is 4.91. The van der Waals surface area contributed by atoms with Crippen molar-refractivity contribution >= 4 is 11.9 Å². The lowest BCUT2D eigenvalue weighted by molar-refractivity contribution is -0.799. The van der Waals surface area contributed by atoms with Crippen molar-refractivity contribution in [2.24, 2.45) is 10.2 Å². The number of aromatic nitrogens is 4. The van der Waals surface area contributed by atoms with Crippen molar-refractivity contribution in [3.63, 3.8) is 0 Å². The van der Waals surface area contributed by atoms with Gasteiger partial charge in [0.2, 0.25) is 0 Å². The SMILES string of the molecule is CN=Nc1nnc(N2CC([N+](=O)[O-])([N+](=O)[O-])C2)nn1. The molecular formula is C6H7N9O4. The Bertz CT molecular complexity index is 520. The molecule has 0 saturated carbocycles. The van der Waals surface area contributed by atoms with Crippen LogP contribution >= 0.6 is 0 Å². The third kappa shape index (κ3) is 2.00. The van der Waals surface area contributed by atoms with E-state index >= 15 is 0 Å². The molecule has 100 valence electrons. The Hall–Kier alpha value is -2.86. The van der Waals surface area contributed by atoms with E-state index in [4.69, 9.17) is 0 Å². The molecule has 0 spiro atoms. The zero-order valence-corrected chi connectivity index (χ0v) is 9.57. The number of hydrogen-bond donors (Lipinski definition) is 0. The standard InChI is InChI=1S/C6H7N9O4/c1-7-8-4-9-11-5(12-10-4)13-2-6(3-13,14(16)17)15(18)19/h2-3H2,1H3. The summed E-state index contributed by atoms with van der Waals surface area (Å²) in [6, 6.07) is 0. The van der Waals surface area contributed by atoms with Gasteiger partial charge in [-0.3, -0.25) is 20.2 Å². The van der Waals surface area contributed by atoms with Gasteiger partial charge in [-0.1, -0.05) is 0 Å². The van der Waals surface area contributed by atoms with Crippen LogP contribution in [0.5, 0.6) is 0 Å². The van der Waals surface area contributed by atoms with Crippen LogP contribution in [0.3, 0.4) is 0 Å². The molecular weight excluding hydrogens is 262 g/mol. The molecule has 13 nitrogen and oxygen atoms in total. The van der Waals surface area contributed by atoms with E-state index in [0.717, 1.165) is 0 Å². The highest BCUT2D eigenvalue weighted by atomic mass is 16.7. The molecule has 0 unspecified atom stereocenters. The summed E-state index contributed by atoms with van der Waals surface area (Å²) in [6.07, 6.45) is 0. The molecule has 1 aromatic rings. The molecule has 1 aromatic heterocycles. The lowest BCUT2D eigenvalue weighted by Crippen LogP contribution is -2.70. The van der Waals surface area contributed by atoms with Crippen LogP contribution in [-0.4, -0.2) is 56.0 Å². The molecule has 0 aromatic carbocycles. The second kappa shape index (κ2) is 4.43. The van der Waals surface area contributed by atoms with Crippen LogP contribution in [0.15, 0.2) is 10.2 Å². The smallest absolute Gasteiger partial charge is 0.309 e. The van der Waals surface area contributed by atoms with E-state index in [2.05, 4.69) is 30.6 Å².